The molecule has 0 aromatic carbocycles. The molecule has 14 nitrogen and oxygen atoms in total. The molecular weight excluding hydrogens is 528 g/mol. The van der Waals surface area contributed by atoms with Crippen LogP contribution in [0, 0.1) is 0 Å². The Kier molecular flexibility index (Phi) is 32.2. The van der Waals surface area contributed by atoms with Crippen LogP contribution < -0.4 is 0 Å². The van der Waals surface area contributed by atoms with E-state index in [4.69, 9.17) is 39.4 Å². The normalized spacial score (nSPS) is 11.7. The number of methoxy groups -OCH3 is 1. The molecule has 0 bridgehead atoms. The van der Waals surface area contributed by atoms with Gasteiger partial charge in [0, 0.05) is 18.6 Å². The molecule has 0 aromatic rings. The summed E-state index contributed by atoms with van der Waals surface area (Å²) in [5.74, 6) is -1.83. The van der Waals surface area contributed by atoms with Crippen molar-refractivity contribution in [3.8, 4) is 0 Å². The van der Waals surface area contributed by atoms with Crippen molar-refractivity contribution in [1.29, 1.82) is 0 Å². The van der Waals surface area contributed by atoms with Gasteiger partial charge in [0.1, 0.15) is 33.0 Å². The molecule has 0 saturated heterocycles. The van der Waals surface area contributed by atoms with Crippen LogP contribution in [-0.2, 0) is 47.6 Å². The molecule has 16 heteroatoms. The zero-order valence-electron chi connectivity index (χ0n) is 20.4. The third-order valence-electron chi connectivity index (χ3n) is 3.11. The number of carbonyl (C=O) groups is 4. The number of esters is 1. The SMILES string of the molecule is COC(CS)COC(=O)COCCOCC(C)=O.O=C(O)COCCOCC(=O)O.OCC(O)CS. The van der Waals surface area contributed by atoms with E-state index in [-0.39, 0.29) is 64.7 Å². The van der Waals surface area contributed by atoms with E-state index in [0.717, 1.165) is 0 Å². The molecule has 214 valence electrons. The Hall–Kier alpha value is -1.50. The summed E-state index contributed by atoms with van der Waals surface area (Å²) in [6, 6.07) is 0. The first-order chi connectivity index (χ1) is 17.0. The van der Waals surface area contributed by atoms with Crippen LogP contribution in [0.15, 0.2) is 0 Å². The molecule has 0 aliphatic rings. The number of rotatable bonds is 20. The fourth-order valence-electron chi connectivity index (χ4n) is 1.41. The number of aliphatic hydroxyl groups is 2. The Morgan fingerprint density at radius 1 is 0.778 bits per heavy atom. The van der Waals surface area contributed by atoms with E-state index in [1.165, 1.54) is 14.0 Å². The predicted octanol–water partition coefficient (Wildman–Crippen LogP) is -1.45. The Labute approximate surface area is 220 Å². The number of ketones is 1. The molecule has 0 rings (SSSR count). The minimum Gasteiger partial charge on any atom is -0.480 e. The van der Waals surface area contributed by atoms with Gasteiger partial charge in [-0.1, -0.05) is 0 Å². The van der Waals surface area contributed by atoms with E-state index >= 15 is 0 Å². The Bertz CT molecular complexity index is 539. The molecule has 0 radical (unpaired) electrons. The van der Waals surface area contributed by atoms with Crippen molar-refractivity contribution in [2.45, 2.75) is 19.1 Å². The summed E-state index contributed by atoms with van der Waals surface area (Å²) in [4.78, 5) is 41.5. The van der Waals surface area contributed by atoms with Crippen LogP contribution in [0.4, 0.5) is 0 Å². The molecule has 0 heterocycles. The van der Waals surface area contributed by atoms with Crippen LogP contribution in [0.25, 0.3) is 0 Å². The first-order valence-corrected chi connectivity index (χ1v) is 11.7. The van der Waals surface area contributed by atoms with E-state index in [1.54, 1.807) is 0 Å². The first kappa shape index (κ1) is 39.0. The highest BCUT2D eigenvalue weighted by Crippen LogP contribution is 1.95. The van der Waals surface area contributed by atoms with Gasteiger partial charge >= 0.3 is 17.9 Å². The van der Waals surface area contributed by atoms with Crippen LogP contribution in [0.3, 0.4) is 0 Å². The number of aliphatic hydroxyl groups excluding tert-OH is 2. The minimum absolute atomic E-state index is 0.0493. The Morgan fingerprint density at radius 3 is 1.53 bits per heavy atom. The second-order valence-electron chi connectivity index (χ2n) is 6.44. The highest BCUT2D eigenvalue weighted by Gasteiger charge is 2.09. The molecule has 0 spiro atoms. The summed E-state index contributed by atoms with van der Waals surface area (Å²) in [6.07, 6.45) is -0.857. The van der Waals surface area contributed by atoms with Gasteiger partial charge in [0.25, 0.3) is 0 Å². The van der Waals surface area contributed by atoms with Gasteiger partial charge in [0.15, 0.2) is 5.78 Å². The number of carbonyl (C=O) groups excluding carboxylic acids is 2. The lowest BCUT2D eigenvalue weighted by molar-refractivity contribution is -0.152. The predicted molar refractivity (Wildman–Crippen MR) is 132 cm³/mol. The van der Waals surface area contributed by atoms with Crippen LogP contribution in [0.1, 0.15) is 6.92 Å². The minimum atomic E-state index is -1.06. The summed E-state index contributed by atoms with van der Waals surface area (Å²) < 4.78 is 29.0. The molecule has 0 aromatic heterocycles. The number of aliphatic carboxylic acids is 2. The molecule has 2 unspecified atom stereocenters. The zero-order valence-corrected chi connectivity index (χ0v) is 22.2. The fourth-order valence-corrected chi connectivity index (χ4v) is 1.78. The van der Waals surface area contributed by atoms with Crippen molar-refractivity contribution in [2.24, 2.45) is 0 Å². The van der Waals surface area contributed by atoms with Gasteiger partial charge in [-0.2, -0.15) is 25.3 Å². The molecule has 2 atom stereocenters. The summed E-state index contributed by atoms with van der Waals surface area (Å²) >= 11 is 7.72. The van der Waals surface area contributed by atoms with Crippen molar-refractivity contribution < 1.29 is 68.0 Å². The largest absolute Gasteiger partial charge is 0.480 e. The van der Waals surface area contributed by atoms with Crippen LogP contribution >= 0.6 is 25.3 Å². The smallest absolute Gasteiger partial charge is 0.332 e. The first-order valence-electron chi connectivity index (χ1n) is 10.5. The summed E-state index contributed by atoms with van der Waals surface area (Å²) in [5, 5.41) is 32.6. The number of thiol groups is 2. The maximum Gasteiger partial charge on any atom is 0.332 e. The lowest BCUT2D eigenvalue weighted by atomic mass is 10.4. The van der Waals surface area contributed by atoms with Crippen molar-refractivity contribution in [1.82, 2.24) is 0 Å². The van der Waals surface area contributed by atoms with Gasteiger partial charge in [-0.15, -0.1) is 0 Å². The van der Waals surface area contributed by atoms with E-state index in [9.17, 15) is 19.2 Å². The summed E-state index contributed by atoms with van der Waals surface area (Å²) in [7, 11) is 1.53. The van der Waals surface area contributed by atoms with E-state index in [0.29, 0.717) is 11.5 Å². The molecule has 0 saturated carbocycles. The number of carboxylic acid groups (broad SMARTS) is 2. The van der Waals surface area contributed by atoms with Crippen LogP contribution in [0.5, 0.6) is 0 Å². The lowest BCUT2D eigenvalue weighted by Gasteiger charge is -2.12. The fraction of sp³-hybridized carbons (Fsp3) is 0.800. The monoisotopic (exact) mass is 566 g/mol. The molecular formula is C20H38O14S2. The van der Waals surface area contributed by atoms with Crippen LogP contribution in [-0.4, -0.2) is 141 Å². The zero-order chi connectivity index (χ0) is 28.2. The second kappa shape index (κ2) is 29.7. The van der Waals surface area contributed by atoms with Crippen molar-refractivity contribution in [3.63, 3.8) is 0 Å². The van der Waals surface area contributed by atoms with Gasteiger partial charge in [-0.3, -0.25) is 4.79 Å². The lowest BCUT2D eigenvalue weighted by Crippen LogP contribution is -2.24. The molecule has 0 aliphatic heterocycles. The van der Waals surface area contributed by atoms with E-state index in [2.05, 4.69) is 34.7 Å². The Morgan fingerprint density at radius 2 is 1.22 bits per heavy atom. The third-order valence-corrected chi connectivity index (χ3v) is 3.94. The highest BCUT2D eigenvalue weighted by molar-refractivity contribution is 7.80. The molecule has 4 N–H and O–H groups in total. The number of hydrogen-bond acceptors (Lipinski definition) is 14. The van der Waals surface area contributed by atoms with E-state index < -0.39 is 37.2 Å². The quantitative estimate of drug-likeness (QED) is 0.0567. The Balaban J connectivity index is -0.000000518. The maximum atomic E-state index is 11.2. The topological polar surface area (TPSA) is 205 Å². The van der Waals surface area contributed by atoms with Gasteiger partial charge < -0.3 is 48.8 Å². The van der Waals surface area contributed by atoms with Gasteiger partial charge in [0.2, 0.25) is 0 Å². The van der Waals surface area contributed by atoms with Crippen LogP contribution in [0.2, 0.25) is 0 Å². The number of Topliss-reactive ketones (excluding diaryl/α,β-unsaturated/α-hetero) is 1. The summed E-state index contributed by atoms with van der Waals surface area (Å²) in [5.41, 5.74) is 0. The molecule has 0 amide bonds. The van der Waals surface area contributed by atoms with Gasteiger partial charge in [-0.05, 0) is 6.92 Å². The van der Waals surface area contributed by atoms with Crippen molar-refractivity contribution >= 4 is 48.9 Å². The molecule has 36 heavy (non-hydrogen) atoms. The standard InChI is InChI=1S/C11H20O6S.C6H10O6.C3H8O2S/c1-9(12)5-15-3-4-16-7-11(13)17-6-10(8-18)14-2;7-5(8)3-11-1-2-12-4-6(9)10;4-1-3(5)2-6/h10,18H,3-8H2,1-2H3;1-4H2,(H,7,8)(H,9,10);3-6H,1-2H2. The number of hydrogen-bond donors (Lipinski definition) is 6. The van der Waals surface area contributed by atoms with E-state index in [1.807, 2.05) is 0 Å². The van der Waals surface area contributed by atoms with Crippen molar-refractivity contribution in [3.05, 3.63) is 0 Å². The van der Waals surface area contributed by atoms with Gasteiger partial charge in [-0.25, -0.2) is 14.4 Å². The molecule has 0 aliphatic carbocycles. The maximum absolute atomic E-state index is 11.2. The highest BCUT2D eigenvalue weighted by atomic mass is 32.1. The third kappa shape index (κ3) is 37.1. The van der Waals surface area contributed by atoms with Gasteiger partial charge in [0.05, 0.1) is 45.2 Å². The number of carboxylic acids is 2. The molecule has 0 fully saturated rings. The number of ether oxygens (including phenoxy) is 6. The summed E-state index contributed by atoms with van der Waals surface area (Å²) in [6.45, 7) is 1.20. The second-order valence-corrected chi connectivity index (χ2v) is 7.17. The average Bonchev–Trinajstić information content (AvgIpc) is 2.83. The van der Waals surface area contributed by atoms with Crippen molar-refractivity contribution in [2.75, 3.05) is 84.7 Å². The average molecular weight is 567 g/mol.